The number of nitrogens with one attached hydrogen (secondary N) is 4. The van der Waals surface area contributed by atoms with E-state index in [1.165, 1.54) is 0 Å². The van der Waals surface area contributed by atoms with E-state index in [4.69, 9.17) is 24.7 Å². The molecule has 0 saturated carbocycles. The second kappa shape index (κ2) is 24.0. The number of fused-ring (bicyclic) bond motifs is 16. The Hall–Kier alpha value is -9.04. The predicted molar refractivity (Wildman–Crippen MR) is 338 cm³/mol. The number of carboxylic acids is 4. The largest absolute Gasteiger partial charge is 0.481 e. The van der Waals surface area contributed by atoms with Crippen LogP contribution in [0.4, 0.5) is 0 Å². The van der Waals surface area contributed by atoms with Crippen LogP contribution >= 0.6 is 0 Å². The van der Waals surface area contributed by atoms with Crippen LogP contribution in [0.1, 0.15) is 221 Å². The summed E-state index contributed by atoms with van der Waals surface area (Å²) in [5, 5.41) is 62.2. The van der Waals surface area contributed by atoms with Gasteiger partial charge < -0.3 is 55.3 Å². The fraction of sp³-hybridized carbons (Fsp3) is 0.353. The summed E-state index contributed by atoms with van der Waals surface area (Å²) in [6.45, 7) is 23.0. The zero-order chi connectivity index (χ0) is 62.8. The number of nitrogens with zero attached hydrogens (tertiary/aromatic N) is 4. The third-order valence-electron chi connectivity index (χ3n) is 17.7. The Balaban J connectivity index is 1.20. The number of carbonyl (C=O) groups is 4. The third-order valence-corrected chi connectivity index (χ3v) is 17.7. The minimum atomic E-state index is -0.964. The molecule has 6 aromatic heterocycles. The molecule has 0 fully saturated rings. The van der Waals surface area contributed by atoms with Crippen molar-refractivity contribution in [2.75, 3.05) is 0 Å². The molecule has 10 rings (SSSR count). The van der Waals surface area contributed by atoms with Gasteiger partial charge >= 0.3 is 23.9 Å². The SMILES string of the molecule is CC1=C(CCC(=O)O)c2cc3nc(cc4[nH]c(cc5[nH]c(cc1n2)c(C)c5C(C)O)c(C)c4C(C)OC(C)c1c(C)c2cc4nc(cc5nc(cc6[nH]c(cc1[nH]2)c(C)c6C(C)O)C(C)=C5CCC(=O)O)C(CCC(=O)O)=C4C)C(C)=C3CCC(=O)O. The Kier molecular flexibility index (Phi) is 16.9. The Labute approximate surface area is 502 Å². The zero-order valence-corrected chi connectivity index (χ0v) is 51.1. The predicted octanol–water partition coefficient (Wildman–Crippen LogP) is 14.3. The quantitative estimate of drug-likeness (QED) is 0.0382. The Morgan fingerprint density at radius 2 is 0.586 bits per heavy atom. The molecule has 0 aliphatic carbocycles. The molecule has 4 aliphatic heterocycles. The Bertz CT molecular complexity index is 4420. The molecule has 16 bridgehead atoms. The van der Waals surface area contributed by atoms with E-state index in [0.717, 1.165) is 89.0 Å². The Morgan fingerprint density at radius 1 is 0.356 bits per heavy atom. The van der Waals surface area contributed by atoms with Crippen molar-refractivity contribution >= 4 is 113 Å². The van der Waals surface area contributed by atoms with E-state index >= 15 is 0 Å². The summed E-state index contributed by atoms with van der Waals surface area (Å²) in [4.78, 5) is 83.2. The fourth-order valence-electron chi connectivity index (χ4n) is 13.0. The topological polar surface area (TPSA) is 314 Å². The van der Waals surface area contributed by atoms with E-state index in [0.29, 0.717) is 89.8 Å². The number of rotatable bonds is 18. The summed E-state index contributed by atoms with van der Waals surface area (Å²) < 4.78 is 7.28. The van der Waals surface area contributed by atoms with E-state index in [-0.39, 0.29) is 51.4 Å². The molecule has 10 N–H and O–H groups in total. The summed E-state index contributed by atoms with van der Waals surface area (Å²) in [6.07, 6.45) is -2.75. The highest BCUT2D eigenvalue weighted by Gasteiger charge is 2.28. The second-order valence-electron chi connectivity index (χ2n) is 23.4. The van der Waals surface area contributed by atoms with E-state index < -0.39 is 48.3 Å². The molecule has 4 aliphatic rings. The maximum Gasteiger partial charge on any atom is 0.303 e. The molecular formula is C68H74N8O11. The smallest absolute Gasteiger partial charge is 0.303 e. The number of carboxylic acid groups (broad SMARTS) is 4. The maximum absolute atomic E-state index is 12.1. The molecule has 10 heterocycles. The van der Waals surface area contributed by atoms with Crippen LogP contribution in [0.3, 0.4) is 0 Å². The number of aromatic nitrogens is 8. The molecule has 0 radical (unpaired) electrons. The van der Waals surface area contributed by atoms with Gasteiger partial charge in [-0.1, -0.05) is 0 Å². The Morgan fingerprint density at radius 3 is 0.862 bits per heavy atom. The van der Waals surface area contributed by atoms with Crippen molar-refractivity contribution in [3.8, 4) is 0 Å². The molecule has 4 unspecified atom stereocenters. The van der Waals surface area contributed by atoms with Crippen LogP contribution in [-0.2, 0) is 23.9 Å². The van der Waals surface area contributed by atoms with Gasteiger partial charge in [0.15, 0.2) is 0 Å². The summed E-state index contributed by atoms with van der Waals surface area (Å²) in [6, 6.07) is 15.3. The number of aliphatic hydroxyl groups excluding tert-OH is 2. The first-order valence-electron chi connectivity index (χ1n) is 29.4. The summed E-state index contributed by atoms with van der Waals surface area (Å²) in [5.41, 5.74) is 22.5. The highest BCUT2D eigenvalue weighted by Crippen LogP contribution is 2.43. The van der Waals surface area contributed by atoms with Crippen molar-refractivity contribution in [2.45, 2.75) is 159 Å². The number of hydrogen-bond donors (Lipinski definition) is 10. The number of allylic oxidation sites excluding steroid dienone is 8. The lowest BCUT2D eigenvalue weighted by molar-refractivity contribution is -0.137. The van der Waals surface area contributed by atoms with E-state index in [1.54, 1.807) is 13.8 Å². The third kappa shape index (κ3) is 11.9. The van der Waals surface area contributed by atoms with Gasteiger partial charge in [-0.05, 0) is 224 Å². The molecule has 0 aromatic carbocycles. The zero-order valence-electron chi connectivity index (χ0n) is 51.1. The molecule has 19 nitrogen and oxygen atoms in total. The normalized spacial score (nSPS) is 15.0. The van der Waals surface area contributed by atoms with Gasteiger partial charge in [-0.15, -0.1) is 0 Å². The molecule has 19 heteroatoms. The molecule has 0 saturated heterocycles. The van der Waals surface area contributed by atoms with Gasteiger partial charge in [-0.25, -0.2) is 19.9 Å². The fourth-order valence-corrected chi connectivity index (χ4v) is 13.0. The van der Waals surface area contributed by atoms with Crippen LogP contribution in [0.2, 0.25) is 0 Å². The molecule has 87 heavy (non-hydrogen) atoms. The first-order chi connectivity index (χ1) is 41.2. The van der Waals surface area contributed by atoms with Gasteiger partial charge in [0.1, 0.15) is 0 Å². The highest BCUT2D eigenvalue weighted by atomic mass is 16.5. The van der Waals surface area contributed by atoms with Gasteiger partial charge in [0.05, 0.1) is 70.0 Å². The van der Waals surface area contributed by atoms with Gasteiger partial charge in [-0.2, -0.15) is 0 Å². The maximum atomic E-state index is 12.1. The molecule has 4 atom stereocenters. The van der Waals surface area contributed by atoms with Crippen molar-refractivity contribution in [2.24, 2.45) is 0 Å². The number of aliphatic hydroxyl groups is 2. The lowest BCUT2D eigenvalue weighted by Crippen LogP contribution is -2.06. The van der Waals surface area contributed by atoms with Crippen LogP contribution < -0.4 is 0 Å². The van der Waals surface area contributed by atoms with Crippen molar-refractivity contribution in [1.29, 1.82) is 0 Å². The summed E-state index contributed by atoms with van der Waals surface area (Å²) in [7, 11) is 0. The number of hydrogen-bond acceptors (Lipinski definition) is 11. The molecule has 6 aromatic rings. The number of H-pyrrole nitrogens is 4. The first kappa shape index (κ1) is 61.1. The van der Waals surface area contributed by atoms with E-state index in [2.05, 4.69) is 19.9 Å². The average molecular weight is 1180 g/mol. The number of aryl methyl sites for hydroxylation is 4. The van der Waals surface area contributed by atoms with Gasteiger partial charge in [-0.3, -0.25) is 19.2 Å². The summed E-state index contributed by atoms with van der Waals surface area (Å²) >= 11 is 0. The van der Waals surface area contributed by atoms with Crippen LogP contribution in [0.5, 0.6) is 0 Å². The van der Waals surface area contributed by atoms with Crippen molar-refractivity contribution in [3.63, 3.8) is 0 Å². The van der Waals surface area contributed by atoms with E-state index in [9.17, 15) is 49.8 Å². The van der Waals surface area contributed by atoms with Crippen LogP contribution in [0.15, 0.2) is 48.5 Å². The number of aliphatic carboxylic acids is 4. The standard InChI is InChI=1S/C68H74N8O11/c1-29-41(13-17-61(79)80)53-28-56-44(16-20-64(85)86)32(4)48(72-56)24-59-68(36(8)52(76-59)25-58-65(37(9)77)33(5)49(73-58)21-45(29)69-53)40(12)87-39(11)67-35(7)50-22-46-30(2)42(14-18-62(81)82)54(70-46)27-55-43(15-19-63(83)84)31(3)47(71-55)23-57-66(38(10)78)34(6)51(74-57)26-60(67)75-50/h21-28,37-40,73-78H,13-20H2,1-12H3,(H,79,80)(H,81,82)(H,83,84)(H,85,86). The lowest BCUT2D eigenvalue weighted by Gasteiger charge is -2.20. The van der Waals surface area contributed by atoms with Gasteiger partial charge in [0.2, 0.25) is 0 Å². The van der Waals surface area contributed by atoms with E-state index in [1.807, 2.05) is 118 Å². The van der Waals surface area contributed by atoms with Gasteiger partial charge in [0, 0.05) is 92.1 Å². The highest BCUT2D eigenvalue weighted by molar-refractivity contribution is 5.99. The first-order valence-corrected chi connectivity index (χ1v) is 29.4. The van der Waals surface area contributed by atoms with Crippen molar-refractivity contribution < 1.29 is 54.6 Å². The lowest BCUT2D eigenvalue weighted by atomic mass is 9.98. The monoisotopic (exact) mass is 1180 g/mol. The van der Waals surface area contributed by atoms with Crippen LogP contribution in [0, 0.1) is 27.7 Å². The average Bonchev–Trinajstić information content (AvgIpc) is 1.74. The number of aromatic amines is 4. The molecule has 0 spiro atoms. The molecule has 452 valence electrons. The minimum absolute atomic E-state index is 0.131. The van der Waals surface area contributed by atoms with Gasteiger partial charge in [0.25, 0.3) is 0 Å². The van der Waals surface area contributed by atoms with Crippen LogP contribution in [0.25, 0.3) is 88.7 Å². The number of ether oxygens (including phenoxy) is 1. The minimum Gasteiger partial charge on any atom is -0.481 e. The van der Waals surface area contributed by atoms with Crippen molar-refractivity contribution in [1.82, 2.24) is 39.9 Å². The molecule has 0 amide bonds. The molecular weight excluding hydrogens is 1100 g/mol. The van der Waals surface area contributed by atoms with Crippen LogP contribution in [-0.4, -0.2) is 94.4 Å². The summed E-state index contributed by atoms with van der Waals surface area (Å²) in [5.74, 6) is -3.84. The van der Waals surface area contributed by atoms with Crippen molar-refractivity contribution in [3.05, 3.63) is 139 Å². The second-order valence-corrected chi connectivity index (χ2v) is 23.4.